The van der Waals surface area contributed by atoms with Crippen molar-refractivity contribution in [1.82, 2.24) is 20.1 Å². The van der Waals surface area contributed by atoms with E-state index in [0.717, 1.165) is 47.7 Å². The second-order valence-corrected chi connectivity index (χ2v) is 8.94. The van der Waals surface area contributed by atoms with Crippen LogP contribution in [0.5, 0.6) is 0 Å². The zero-order chi connectivity index (χ0) is 25.4. The van der Waals surface area contributed by atoms with E-state index < -0.39 is 6.17 Å². The molecule has 2 saturated heterocycles. The normalized spacial score (nSPS) is 20.2. The molecular formula is C28H40FN5O. The van der Waals surface area contributed by atoms with Gasteiger partial charge in [-0.2, -0.15) is 5.10 Å². The van der Waals surface area contributed by atoms with E-state index in [2.05, 4.69) is 48.6 Å². The maximum Gasteiger partial charge on any atom is 0.153 e. The molecule has 2 unspecified atom stereocenters. The Morgan fingerprint density at radius 2 is 2.06 bits per heavy atom. The molecule has 0 saturated carbocycles. The first kappa shape index (κ1) is 26.8. The summed E-state index contributed by atoms with van der Waals surface area (Å²) in [5.41, 5.74) is 5.36. The fourth-order valence-electron chi connectivity index (χ4n) is 4.32. The molecule has 2 aliphatic rings. The van der Waals surface area contributed by atoms with Gasteiger partial charge in [0.05, 0.1) is 43.4 Å². The smallest absolute Gasteiger partial charge is 0.153 e. The van der Waals surface area contributed by atoms with E-state index in [4.69, 9.17) is 9.84 Å². The second kappa shape index (κ2) is 12.8. The maximum atomic E-state index is 14.8. The molecule has 0 spiro atoms. The van der Waals surface area contributed by atoms with Crippen LogP contribution in [0.1, 0.15) is 52.3 Å². The van der Waals surface area contributed by atoms with Crippen molar-refractivity contribution >= 4 is 11.3 Å². The third-order valence-corrected chi connectivity index (χ3v) is 6.33. The van der Waals surface area contributed by atoms with E-state index in [1.54, 1.807) is 6.08 Å². The fraction of sp³-hybridized carbons (Fsp3) is 0.500. The Labute approximate surface area is 209 Å². The van der Waals surface area contributed by atoms with E-state index >= 15 is 0 Å². The number of nitrogens with zero attached hydrogens (tertiary/aromatic N) is 4. The molecule has 1 N–H and O–H groups in total. The van der Waals surface area contributed by atoms with Gasteiger partial charge in [0.15, 0.2) is 5.82 Å². The molecular weight excluding hydrogens is 441 g/mol. The number of nitrogens with one attached hydrogen (secondary N) is 1. The highest BCUT2D eigenvalue weighted by Gasteiger charge is 2.32. The number of halogens is 1. The summed E-state index contributed by atoms with van der Waals surface area (Å²) >= 11 is 0. The maximum absolute atomic E-state index is 14.8. The Hall–Kier alpha value is -2.77. The highest BCUT2D eigenvalue weighted by atomic mass is 19.1. The van der Waals surface area contributed by atoms with Crippen molar-refractivity contribution in [2.45, 2.75) is 65.7 Å². The number of anilines is 1. The zero-order valence-electron chi connectivity index (χ0n) is 21.8. The number of aromatic nitrogens is 3. The Balaban J connectivity index is 0.00000167. The number of pyridine rings is 1. The molecule has 2 atom stereocenters. The summed E-state index contributed by atoms with van der Waals surface area (Å²) < 4.78 is 21.8. The van der Waals surface area contributed by atoms with Gasteiger partial charge in [-0.25, -0.2) is 14.1 Å². The molecule has 4 rings (SSSR count). The SMILES string of the molecule is C=C/C=C\C(=C(C)C)c1nn(-c2ccc(N3CCC(NC4COC4)C(F)C3)cn2)cc1CC.CC. The summed E-state index contributed by atoms with van der Waals surface area (Å²) in [7, 11) is 0. The molecule has 2 aromatic heterocycles. The number of allylic oxidation sites excluding steroid dienone is 5. The summed E-state index contributed by atoms with van der Waals surface area (Å²) in [6.07, 6.45) is 10.4. The number of hydrogen-bond donors (Lipinski definition) is 1. The summed E-state index contributed by atoms with van der Waals surface area (Å²) in [6.45, 7) is 16.6. The topological polar surface area (TPSA) is 55.2 Å². The molecule has 35 heavy (non-hydrogen) atoms. The average molecular weight is 482 g/mol. The third kappa shape index (κ3) is 6.47. The summed E-state index contributed by atoms with van der Waals surface area (Å²) in [5, 5.41) is 8.23. The number of aryl methyl sites for hydroxylation is 1. The van der Waals surface area contributed by atoms with Crippen LogP contribution in [0.25, 0.3) is 11.4 Å². The van der Waals surface area contributed by atoms with E-state index in [9.17, 15) is 4.39 Å². The number of rotatable bonds is 8. The van der Waals surface area contributed by atoms with Crippen molar-refractivity contribution in [2.24, 2.45) is 0 Å². The van der Waals surface area contributed by atoms with Crippen molar-refractivity contribution < 1.29 is 9.13 Å². The molecule has 7 heteroatoms. The molecule has 4 heterocycles. The molecule has 0 radical (unpaired) electrons. The monoisotopic (exact) mass is 481 g/mol. The standard InChI is InChI=1S/C26H34FN5O.C2H6/c1-5-7-8-22(18(3)4)26-19(6-2)14-32(30-26)25-10-9-21(13-28-25)31-12-11-24(23(27)15-31)29-20-16-33-17-20;1-2/h5,7-10,13-14,20,23-24,29H,1,6,11-12,15-17H2,2-4H3;1-2H3/b8-7-;. The van der Waals surface area contributed by atoms with Crippen LogP contribution < -0.4 is 10.2 Å². The van der Waals surface area contributed by atoms with Crippen molar-refractivity contribution in [3.8, 4) is 5.82 Å². The lowest BCUT2D eigenvalue weighted by Crippen LogP contribution is -2.58. The number of piperidine rings is 1. The molecule has 0 aliphatic carbocycles. The molecule has 0 bridgehead atoms. The molecule has 6 nitrogen and oxygen atoms in total. The van der Waals surface area contributed by atoms with E-state index in [1.165, 1.54) is 5.57 Å². The van der Waals surface area contributed by atoms with E-state index in [-0.39, 0.29) is 6.04 Å². The molecule has 2 aliphatic heterocycles. The van der Waals surface area contributed by atoms with Crippen LogP contribution in [0.15, 0.2) is 54.9 Å². The number of hydrogen-bond acceptors (Lipinski definition) is 5. The Bertz CT molecular complexity index is 1020. The first-order valence-corrected chi connectivity index (χ1v) is 12.7. The van der Waals surface area contributed by atoms with Crippen LogP contribution in [-0.4, -0.2) is 59.3 Å². The van der Waals surface area contributed by atoms with Gasteiger partial charge in [0.2, 0.25) is 0 Å². The summed E-state index contributed by atoms with van der Waals surface area (Å²) in [6, 6.07) is 4.16. The predicted molar refractivity (Wildman–Crippen MR) is 143 cm³/mol. The lowest BCUT2D eigenvalue weighted by atomic mass is 10.0. The van der Waals surface area contributed by atoms with Gasteiger partial charge < -0.3 is 15.0 Å². The van der Waals surface area contributed by atoms with Crippen LogP contribution in [0, 0.1) is 0 Å². The average Bonchev–Trinajstić information content (AvgIpc) is 3.27. The lowest BCUT2D eigenvalue weighted by Gasteiger charge is -2.39. The van der Waals surface area contributed by atoms with Crippen LogP contribution in [0.4, 0.5) is 10.1 Å². The van der Waals surface area contributed by atoms with Crippen molar-refractivity contribution in [1.29, 1.82) is 0 Å². The van der Waals surface area contributed by atoms with Crippen LogP contribution in [0.2, 0.25) is 0 Å². The molecule has 190 valence electrons. The molecule has 2 aromatic rings. The first-order chi connectivity index (χ1) is 17.0. The Kier molecular flexibility index (Phi) is 9.81. The highest BCUT2D eigenvalue weighted by Crippen LogP contribution is 2.26. The molecule has 0 aromatic carbocycles. The quantitative estimate of drug-likeness (QED) is 0.519. The molecule has 0 amide bonds. The summed E-state index contributed by atoms with van der Waals surface area (Å²) in [5.74, 6) is 0.749. The van der Waals surface area contributed by atoms with Crippen LogP contribution >= 0.6 is 0 Å². The van der Waals surface area contributed by atoms with Gasteiger partial charge >= 0.3 is 0 Å². The van der Waals surface area contributed by atoms with E-state index in [1.807, 2.05) is 49.1 Å². The molecule has 2 fully saturated rings. The second-order valence-electron chi connectivity index (χ2n) is 8.94. The van der Waals surface area contributed by atoms with Gasteiger partial charge in [-0.3, -0.25) is 0 Å². The van der Waals surface area contributed by atoms with E-state index in [0.29, 0.717) is 25.8 Å². The Morgan fingerprint density at radius 1 is 1.29 bits per heavy atom. The minimum absolute atomic E-state index is 0.100. The minimum atomic E-state index is -0.911. The summed E-state index contributed by atoms with van der Waals surface area (Å²) in [4.78, 5) is 6.72. The van der Waals surface area contributed by atoms with Gasteiger partial charge in [0, 0.05) is 24.4 Å². The van der Waals surface area contributed by atoms with Gasteiger partial charge in [0.25, 0.3) is 0 Å². The number of alkyl halides is 1. The zero-order valence-corrected chi connectivity index (χ0v) is 21.8. The van der Waals surface area contributed by atoms with Crippen molar-refractivity contribution in [3.05, 3.63) is 66.2 Å². The number of ether oxygens (including phenoxy) is 1. The van der Waals surface area contributed by atoms with Gasteiger partial charge in [-0.1, -0.05) is 51.2 Å². The largest absolute Gasteiger partial charge is 0.378 e. The third-order valence-electron chi connectivity index (χ3n) is 6.33. The van der Waals surface area contributed by atoms with Gasteiger partial charge in [-0.05, 0) is 44.4 Å². The minimum Gasteiger partial charge on any atom is -0.378 e. The first-order valence-electron chi connectivity index (χ1n) is 12.7. The van der Waals surface area contributed by atoms with Crippen molar-refractivity contribution in [3.63, 3.8) is 0 Å². The van der Waals surface area contributed by atoms with Gasteiger partial charge in [0.1, 0.15) is 6.17 Å². The fourth-order valence-corrected chi connectivity index (χ4v) is 4.32. The van der Waals surface area contributed by atoms with Gasteiger partial charge in [-0.15, -0.1) is 0 Å². The predicted octanol–water partition coefficient (Wildman–Crippen LogP) is 5.30. The van der Waals surface area contributed by atoms with Crippen LogP contribution in [-0.2, 0) is 11.2 Å². The van der Waals surface area contributed by atoms with Crippen LogP contribution in [0.3, 0.4) is 0 Å². The lowest BCUT2D eigenvalue weighted by molar-refractivity contribution is -0.0159. The van der Waals surface area contributed by atoms with Crippen molar-refractivity contribution in [2.75, 3.05) is 31.2 Å². The highest BCUT2D eigenvalue weighted by molar-refractivity contribution is 5.76. The Morgan fingerprint density at radius 3 is 2.60 bits per heavy atom.